The van der Waals surface area contributed by atoms with Crippen LogP contribution in [0.25, 0.3) is 0 Å². The highest BCUT2D eigenvalue weighted by atomic mass is 16.5. The van der Waals surface area contributed by atoms with E-state index in [0.29, 0.717) is 63.0 Å². The predicted octanol–water partition coefficient (Wildman–Crippen LogP) is 3.30. The molecule has 0 heterocycles. The van der Waals surface area contributed by atoms with Crippen LogP contribution >= 0.6 is 0 Å². The van der Waals surface area contributed by atoms with Gasteiger partial charge in [-0.3, -0.25) is 4.79 Å². The van der Waals surface area contributed by atoms with Crippen LogP contribution in [-0.4, -0.2) is 60.5 Å². The largest absolute Gasteiger partial charge is 0.514 e. The molecule has 0 spiro atoms. The van der Waals surface area contributed by atoms with E-state index in [-0.39, 0.29) is 6.61 Å². The SMILES string of the molecule is COC(=O)[C@H](CCCCN/C(C)=C/O)NC(=O)[C@H](CCCCN/C(C)=C/O)NC(=O)OCc1ccccc1. The minimum absolute atomic E-state index is 0.0570. The fourth-order valence-electron chi connectivity index (χ4n) is 3.45. The summed E-state index contributed by atoms with van der Waals surface area (Å²) in [4.78, 5) is 37.9. The molecule has 11 nitrogen and oxygen atoms in total. The maximum absolute atomic E-state index is 13.1. The molecular formula is C27H42N4O7. The van der Waals surface area contributed by atoms with E-state index in [4.69, 9.17) is 19.7 Å². The maximum Gasteiger partial charge on any atom is 0.408 e. The molecule has 2 amide bonds. The number of carbonyl (C=O) groups is 3. The molecule has 0 radical (unpaired) electrons. The molecule has 0 fully saturated rings. The van der Waals surface area contributed by atoms with Crippen molar-refractivity contribution < 1.29 is 34.1 Å². The molecule has 0 aromatic heterocycles. The number of benzene rings is 1. The quantitative estimate of drug-likeness (QED) is 0.0944. The maximum atomic E-state index is 13.1. The summed E-state index contributed by atoms with van der Waals surface area (Å²) in [5.74, 6) is -1.08. The topological polar surface area (TPSA) is 158 Å². The third-order valence-corrected chi connectivity index (χ3v) is 5.66. The van der Waals surface area contributed by atoms with Crippen LogP contribution in [0.3, 0.4) is 0 Å². The highest BCUT2D eigenvalue weighted by molar-refractivity contribution is 5.89. The van der Waals surface area contributed by atoms with Crippen LogP contribution in [0.1, 0.15) is 57.9 Å². The monoisotopic (exact) mass is 534 g/mol. The smallest absolute Gasteiger partial charge is 0.408 e. The Labute approximate surface area is 224 Å². The van der Waals surface area contributed by atoms with Gasteiger partial charge in [0.2, 0.25) is 5.91 Å². The Balaban J connectivity index is 2.73. The van der Waals surface area contributed by atoms with Crippen LogP contribution in [0.15, 0.2) is 54.3 Å². The van der Waals surface area contributed by atoms with Crippen LogP contribution in [0.5, 0.6) is 0 Å². The van der Waals surface area contributed by atoms with E-state index in [1.807, 2.05) is 30.3 Å². The summed E-state index contributed by atoms with van der Waals surface area (Å²) in [6.07, 6.45) is 4.50. The molecule has 1 aromatic carbocycles. The fraction of sp³-hybridized carbons (Fsp3) is 0.519. The number of alkyl carbamates (subject to hydrolysis) is 1. The van der Waals surface area contributed by atoms with Crippen LogP contribution in [0.4, 0.5) is 4.79 Å². The normalized spacial score (nSPS) is 13.1. The van der Waals surface area contributed by atoms with E-state index in [1.54, 1.807) is 13.8 Å². The van der Waals surface area contributed by atoms with E-state index in [0.717, 1.165) is 18.1 Å². The summed E-state index contributed by atoms with van der Waals surface area (Å²) in [6.45, 7) is 4.70. The van der Waals surface area contributed by atoms with Gasteiger partial charge in [0, 0.05) is 24.5 Å². The van der Waals surface area contributed by atoms with Gasteiger partial charge in [-0.25, -0.2) is 9.59 Å². The van der Waals surface area contributed by atoms with Crippen molar-refractivity contribution >= 4 is 18.0 Å². The van der Waals surface area contributed by atoms with Crippen LogP contribution < -0.4 is 21.3 Å². The Morgan fingerprint density at radius 1 is 0.842 bits per heavy atom. The number of nitrogens with one attached hydrogen (secondary N) is 4. The number of hydrogen-bond donors (Lipinski definition) is 6. The number of allylic oxidation sites excluding steroid dienone is 2. The van der Waals surface area contributed by atoms with Gasteiger partial charge in [-0.1, -0.05) is 30.3 Å². The molecule has 212 valence electrons. The number of rotatable bonds is 18. The lowest BCUT2D eigenvalue weighted by Crippen LogP contribution is -2.52. The van der Waals surface area contributed by atoms with Gasteiger partial charge in [-0.05, 0) is 57.9 Å². The Morgan fingerprint density at radius 2 is 1.39 bits per heavy atom. The minimum Gasteiger partial charge on any atom is -0.514 e. The van der Waals surface area contributed by atoms with Crippen molar-refractivity contribution in [1.82, 2.24) is 21.3 Å². The molecule has 0 aliphatic rings. The number of ether oxygens (including phenoxy) is 2. The Hall–Kier alpha value is -3.89. The number of unbranched alkanes of at least 4 members (excludes halogenated alkanes) is 2. The van der Waals surface area contributed by atoms with Crippen molar-refractivity contribution in [3.05, 3.63) is 59.8 Å². The molecule has 6 N–H and O–H groups in total. The number of methoxy groups -OCH3 is 1. The Bertz CT molecular complexity index is 906. The zero-order chi connectivity index (χ0) is 28.2. The highest BCUT2D eigenvalue weighted by Crippen LogP contribution is 2.08. The van der Waals surface area contributed by atoms with Crippen molar-refractivity contribution in [3.8, 4) is 0 Å². The van der Waals surface area contributed by atoms with Crippen molar-refractivity contribution in [2.75, 3.05) is 20.2 Å². The first kappa shape index (κ1) is 32.1. The van der Waals surface area contributed by atoms with Gasteiger partial charge < -0.3 is 41.0 Å². The molecule has 11 heteroatoms. The minimum atomic E-state index is -0.918. The number of aliphatic hydroxyl groups is 2. The Kier molecular flexibility index (Phi) is 16.3. The van der Waals surface area contributed by atoms with Crippen LogP contribution in [-0.2, 0) is 25.7 Å². The molecule has 0 aliphatic heterocycles. The lowest BCUT2D eigenvalue weighted by atomic mass is 10.1. The summed E-state index contributed by atoms with van der Waals surface area (Å²) in [6, 6.07) is 7.39. The van der Waals surface area contributed by atoms with Gasteiger partial charge in [0.1, 0.15) is 18.7 Å². The predicted molar refractivity (Wildman–Crippen MR) is 144 cm³/mol. The van der Waals surface area contributed by atoms with E-state index in [1.165, 1.54) is 7.11 Å². The van der Waals surface area contributed by atoms with Gasteiger partial charge in [-0.15, -0.1) is 0 Å². The number of aliphatic hydroxyl groups excluding tert-OH is 2. The first-order chi connectivity index (χ1) is 18.3. The molecule has 0 bridgehead atoms. The number of carbonyl (C=O) groups excluding carboxylic acids is 3. The summed E-state index contributed by atoms with van der Waals surface area (Å²) in [5.41, 5.74) is 2.07. The Morgan fingerprint density at radius 3 is 1.92 bits per heavy atom. The van der Waals surface area contributed by atoms with Gasteiger partial charge in [-0.2, -0.15) is 0 Å². The summed E-state index contributed by atoms with van der Waals surface area (Å²) in [5, 5.41) is 29.3. The van der Waals surface area contributed by atoms with E-state index < -0.39 is 30.1 Å². The van der Waals surface area contributed by atoms with E-state index in [9.17, 15) is 14.4 Å². The van der Waals surface area contributed by atoms with Crippen molar-refractivity contribution in [1.29, 1.82) is 0 Å². The van der Waals surface area contributed by atoms with E-state index in [2.05, 4.69) is 21.3 Å². The summed E-state index contributed by atoms with van der Waals surface area (Å²) < 4.78 is 10.1. The van der Waals surface area contributed by atoms with Gasteiger partial charge >= 0.3 is 12.1 Å². The number of esters is 1. The lowest BCUT2D eigenvalue weighted by Gasteiger charge is -2.22. The number of hydrogen-bond acceptors (Lipinski definition) is 9. The second kappa shape index (κ2) is 19.3. The summed E-state index contributed by atoms with van der Waals surface area (Å²) >= 11 is 0. The van der Waals surface area contributed by atoms with Crippen LogP contribution in [0.2, 0.25) is 0 Å². The molecule has 0 saturated heterocycles. The second-order valence-corrected chi connectivity index (χ2v) is 8.81. The van der Waals surface area contributed by atoms with Crippen LogP contribution in [0, 0.1) is 0 Å². The molecular weight excluding hydrogens is 492 g/mol. The van der Waals surface area contributed by atoms with Gasteiger partial charge in [0.25, 0.3) is 0 Å². The lowest BCUT2D eigenvalue weighted by molar-refractivity contribution is -0.145. The average Bonchev–Trinajstić information content (AvgIpc) is 2.93. The van der Waals surface area contributed by atoms with Crippen molar-refractivity contribution in [2.24, 2.45) is 0 Å². The third-order valence-electron chi connectivity index (χ3n) is 5.66. The van der Waals surface area contributed by atoms with Crippen molar-refractivity contribution in [2.45, 2.75) is 71.1 Å². The molecule has 0 aliphatic carbocycles. The van der Waals surface area contributed by atoms with Gasteiger partial charge in [0.15, 0.2) is 0 Å². The zero-order valence-electron chi connectivity index (χ0n) is 22.5. The standard InChI is InChI=1S/C27H42N4O7/c1-20(17-32)28-15-9-7-13-23(31-27(36)38-19-22-11-5-4-6-12-22)25(34)30-24(26(35)37-3)14-8-10-16-29-21(2)18-33/h4-6,11-12,17-18,23-24,28-29,32-33H,7-10,13-16,19H2,1-3H3,(H,30,34)(H,31,36)/b20-17+,21-18+/t23-,24-/m0/s1. The molecule has 38 heavy (non-hydrogen) atoms. The zero-order valence-corrected chi connectivity index (χ0v) is 22.5. The first-order valence-corrected chi connectivity index (χ1v) is 12.8. The second-order valence-electron chi connectivity index (χ2n) is 8.81. The highest BCUT2D eigenvalue weighted by Gasteiger charge is 2.27. The molecule has 1 rings (SSSR count). The summed E-state index contributed by atoms with van der Waals surface area (Å²) in [7, 11) is 1.25. The average molecular weight is 535 g/mol. The molecule has 0 unspecified atom stereocenters. The van der Waals surface area contributed by atoms with Gasteiger partial charge in [0.05, 0.1) is 19.6 Å². The molecule has 2 atom stereocenters. The van der Waals surface area contributed by atoms with E-state index >= 15 is 0 Å². The fourth-order valence-corrected chi connectivity index (χ4v) is 3.45. The third kappa shape index (κ3) is 14.0. The molecule has 0 saturated carbocycles. The first-order valence-electron chi connectivity index (χ1n) is 12.8. The number of amides is 2. The van der Waals surface area contributed by atoms with Crippen molar-refractivity contribution in [3.63, 3.8) is 0 Å². The molecule has 1 aromatic rings.